The molecule has 1 aliphatic heterocycles. The van der Waals surface area contributed by atoms with E-state index in [4.69, 9.17) is 5.73 Å². The van der Waals surface area contributed by atoms with Gasteiger partial charge in [0, 0.05) is 26.1 Å². The van der Waals surface area contributed by atoms with Gasteiger partial charge < -0.3 is 16.0 Å². The number of halogens is 1. The molecule has 0 saturated carbocycles. The van der Waals surface area contributed by atoms with E-state index < -0.39 is 0 Å². The quantitative estimate of drug-likeness (QED) is 0.635. The van der Waals surface area contributed by atoms with Gasteiger partial charge in [-0.1, -0.05) is 0 Å². The first-order valence-corrected chi connectivity index (χ1v) is 4.37. The third-order valence-electron chi connectivity index (χ3n) is 2.07. The van der Waals surface area contributed by atoms with Crippen LogP contribution in [-0.2, 0) is 9.59 Å². The molecule has 14 heavy (non-hydrogen) atoms. The molecule has 5 nitrogen and oxygen atoms in total. The first-order valence-electron chi connectivity index (χ1n) is 4.37. The van der Waals surface area contributed by atoms with Crippen LogP contribution in [-0.4, -0.2) is 42.4 Å². The van der Waals surface area contributed by atoms with Crippen molar-refractivity contribution in [2.45, 2.75) is 19.4 Å². The van der Waals surface area contributed by atoms with E-state index in [0.29, 0.717) is 13.1 Å². The molecule has 0 aliphatic carbocycles. The molecule has 0 spiro atoms. The van der Waals surface area contributed by atoms with Crippen molar-refractivity contribution in [1.29, 1.82) is 0 Å². The Labute approximate surface area is 89.4 Å². The lowest BCUT2D eigenvalue weighted by Gasteiger charge is -2.15. The number of nitrogens with two attached hydrogens (primary N) is 1. The van der Waals surface area contributed by atoms with Crippen LogP contribution in [0.4, 0.5) is 0 Å². The highest BCUT2D eigenvalue weighted by atomic mass is 35.5. The first-order chi connectivity index (χ1) is 6.09. The summed E-state index contributed by atoms with van der Waals surface area (Å²) in [5.74, 6) is -0.236. The third kappa shape index (κ3) is 3.93. The Hall–Kier alpha value is -0.810. The van der Waals surface area contributed by atoms with Gasteiger partial charge in [-0.3, -0.25) is 9.59 Å². The molecule has 0 bridgehead atoms. The van der Waals surface area contributed by atoms with Crippen LogP contribution in [0.25, 0.3) is 0 Å². The largest absolute Gasteiger partial charge is 0.347 e. The van der Waals surface area contributed by atoms with E-state index >= 15 is 0 Å². The number of carbonyl (C=O) groups excluding carboxylic acids is 2. The summed E-state index contributed by atoms with van der Waals surface area (Å²) in [6, 6.07) is 0.0984. The van der Waals surface area contributed by atoms with Crippen molar-refractivity contribution in [3.8, 4) is 0 Å². The Bertz CT molecular complexity index is 223. The fraction of sp³-hybridized carbons (Fsp3) is 0.750. The van der Waals surface area contributed by atoms with Crippen molar-refractivity contribution < 1.29 is 9.59 Å². The normalized spacial score (nSPS) is 20.1. The number of likely N-dealkylation sites (tertiary alicyclic amines) is 1. The molecule has 2 amide bonds. The van der Waals surface area contributed by atoms with Crippen LogP contribution in [0.3, 0.4) is 0 Å². The minimum atomic E-state index is -0.183. The maximum atomic E-state index is 11.4. The minimum Gasteiger partial charge on any atom is -0.347 e. The van der Waals surface area contributed by atoms with Gasteiger partial charge in [-0.05, 0) is 6.42 Å². The molecular formula is C8H16ClN3O2. The summed E-state index contributed by atoms with van der Waals surface area (Å²) < 4.78 is 0. The third-order valence-corrected chi connectivity index (χ3v) is 2.07. The number of hydrogen-bond acceptors (Lipinski definition) is 3. The van der Waals surface area contributed by atoms with Crippen molar-refractivity contribution >= 4 is 24.2 Å². The molecular weight excluding hydrogens is 206 g/mol. The molecule has 0 unspecified atom stereocenters. The molecule has 1 rings (SSSR count). The van der Waals surface area contributed by atoms with Gasteiger partial charge in [-0.25, -0.2) is 0 Å². The molecule has 3 N–H and O–H groups in total. The molecule has 0 aromatic heterocycles. The summed E-state index contributed by atoms with van der Waals surface area (Å²) in [6.07, 6.45) is 0.853. The Balaban J connectivity index is 0.00000169. The first kappa shape index (κ1) is 13.2. The van der Waals surface area contributed by atoms with E-state index in [0.717, 1.165) is 6.42 Å². The molecule has 0 aromatic rings. The second-order valence-corrected chi connectivity index (χ2v) is 3.30. The number of carbonyl (C=O) groups is 2. The number of amides is 2. The van der Waals surface area contributed by atoms with Crippen LogP contribution in [0.15, 0.2) is 0 Å². The highest BCUT2D eigenvalue weighted by molar-refractivity contribution is 5.85. The SMILES string of the molecule is CC(=O)NCC(=O)N1CC[C@@H](N)C1.Cl. The highest BCUT2D eigenvalue weighted by Gasteiger charge is 2.22. The lowest BCUT2D eigenvalue weighted by atomic mass is 10.3. The van der Waals surface area contributed by atoms with Crippen molar-refractivity contribution in [3.05, 3.63) is 0 Å². The van der Waals surface area contributed by atoms with E-state index in [-0.39, 0.29) is 36.8 Å². The summed E-state index contributed by atoms with van der Waals surface area (Å²) in [7, 11) is 0. The zero-order chi connectivity index (χ0) is 9.84. The smallest absolute Gasteiger partial charge is 0.242 e. The number of hydrogen-bond donors (Lipinski definition) is 2. The average molecular weight is 222 g/mol. The van der Waals surface area contributed by atoms with E-state index in [1.165, 1.54) is 6.92 Å². The second kappa shape index (κ2) is 5.82. The zero-order valence-corrected chi connectivity index (χ0v) is 8.97. The highest BCUT2D eigenvalue weighted by Crippen LogP contribution is 2.06. The molecule has 1 saturated heterocycles. The Morgan fingerprint density at radius 1 is 1.57 bits per heavy atom. The van der Waals surface area contributed by atoms with Crippen molar-refractivity contribution in [2.75, 3.05) is 19.6 Å². The van der Waals surface area contributed by atoms with E-state index in [1.54, 1.807) is 4.90 Å². The van der Waals surface area contributed by atoms with E-state index in [2.05, 4.69) is 5.32 Å². The van der Waals surface area contributed by atoms with Crippen molar-refractivity contribution in [2.24, 2.45) is 5.73 Å². The molecule has 82 valence electrons. The van der Waals surface area contributed by atoms with E-state index in [9.17, 15) is 9.59 Å². The fourth-order valence-corrected chi connectivity index (χ4v) is 1.33. The van der Waals surface area contributed by atoms with Gasteiger partial charge in [-0.2, -0.15) is 0 Å². The molecule has 1 aliphatic rings. The second-order valence-electron chi connectivity index (χ2n) is 3.30. The minimum absolute atomic E-state index is 0. The molecule has 1 atom stereocenters. The summed E-state index contributed by atoms with van der Waals surface area (Å²) in [5.41, 5.74) is 5.64. The van der Waals surface area contributed by atoms with Crippen LogP contribution < -0.4 is 11.1 Å². The van der Waals surface area contributed by atoms with Crippen molar-refractivity contribution in [3.63, 3.8) is 0 Å². The topological polar surface area (TPSA) is 75.4 Å². The average Bonchev–Trinajstić information content (AvgIpc) is 2.47. The molecule has 1 fully saturated rings. The predicted octanol–water partition coefficient (Wildman–Crippen LogP) is -0.896. The van der Waals surface area contributed by atoms with Crippen LogP contribution in [0.1, 0.15) is 13.3 Å². The lowest BCUT2D eigenvalue weighted by molar-refractivity contribution is -0.131. The lowest BCUT2D eigenvalue weighted by Crippen LogP contribution is -2.39. The van der Waals surface area contributed by atoms with Gasteiger partial charge in [0.2, 0.25) is 11.8 Å². The number of nitrogens with one attached hydrogen (secondary N) is 1. The molecule has 0 aromatic carbocycles. The number of rotatable bonds is 2. The molecule has 1 heterocycles. The standard InChI is InChI=1S/C8H15N3O2.ClH/c1-6(12)10-4-8(13)11-3-2-7(9)5-11;/h7H,2-5,9H2,1H3,(H,10,12);1H/t7-;/m1./s1. The van der Waals surface area contributed by atoms with Crippen LogP contribution >= 0.6 is 12.4 Å². The fourth-order valence-electron chi connectivity index (χ4n) is 1.33. The van der Waals surface area contributed by atoms with Crippen LogP contribution in [0.2, 0.25) is 0 Å². The van der Waals surface area contributed by atoms with Crippen molar-refractivity contribution in [1.82, 2.24) is 10.2 Å². The summed E-state index contributed by atoms with van der Waals surface area (Å²) >= 11 is 0. The Kier molecular flexibility index (Phi) is 5.49. The summed E-state index contributed by atoms with van der Waals surface area (Å²) in [5, 5.41) is 2.47. The zero-order valence-electron chi connectivity index (χ0n) is 8.16. The molecule has 0 radical (unpaired) electrons. The predicted molar refractivity (Wildman–Crippen MR) is 55.1 cm³/mol. The van der Waals surface area contributed by atoms with Crippen LogP contribution in [0.5, 0.6) is 0 Å². The van der Waals surface area contributed by atoms with Gasteiger partial charge in [0.25, 0.3) is 0 Å². The molecule has 6 heteroatoms. The summed E-state index contributed by atoms with van der Waals surface area (Å²) in [4.78, 5) is 23.6. The monoisotopic (exact) mass is 221 g/mol. The van der Waals surface area contributed by atoms with Gasteiger partial charge >= 0.3 is 0 Å². The van der Waals surface area contributed by atoms with Gasteiger partial charge in [0.05, 0.1) is 6.54 Å². The van der Waals surface area contributed by atoms with Gasteiger partial charge in [-0.15, -0.1) is 12.4 Å². The Morgan fingerprint density at radius 3 is 2.64 bits per heavy atom. The van der Waals surface area contributed by atoms with Gasteiger partial charge in [0.1, 0.15) is 0 Å². The Morgan fingerprint density at radius 2 is 2.21 bits per heavy atom. The van der Waals surface area contributed by atoms with Crippen LogP contribution in [0, 0.1) is 0 Å². The number of nitrogens with zero attached hydrogens (tertiary/aromatic N) is 1. The maximum Gasteiger partial charge on any atom is 0.242 e. The summed E-state index contributed by atoms with van der Waals surface area (Å²) in [6.45, 7) is 2.79. The van der Waals surface area contributed by atoms with E-state index in [1.807, 2.05) is 0 Å². The van der Waals surface area contributed by atoms with Gasteiger partial charge in [0.15, 0.2) is 0 Å². The maximum absolute atomic E-state index is 11.4.